The van der Waals surface area contributed by atoms with Crippen LogP contribution in [0.25, 0.3) is 0 Å². The molecular weight excluding hydrogens is 197 g/mol. The van der Waals surface area contributed by atoms with Crippen molar-refractivity contribution in [3.63, 3.8) is 0 Å². The third kappa shape index (κ3) is 1.99. The van der Waals surface area contributed by atoms with Crippen molar-refractivity contribution in [3.05, 3.63) is 35.1 Å². The van der Waals surface area contributed by atoms with Crippen LogP contribution in [0.3, 0.4) is 0 Å². The topological polar surface area (TPSA) is 49.3 Å². The molecule has 1 aromatic carbocycles. The van der Waals surface area contributed by atoms with Gasteiger partial charge in [-0.1, -0.05) is 12.1 Å². The smallest absolute Gasteiger partial charge is 0.304 e. The highest BCUT2D eigenvalue weighted by molar-refractivity contribution is 5.68. The third-order valence-corrected chi connectivity index (χ3v) is 2.71. The second-order valence-electron chi connectivity index (χ2n) is 3.73. The third-order valence-electron chi connectivity index (χ3n) is 2.71. The molecule has 3 nitrogen and oxygen atoms in total. The molecule has 0 fully saturated rings. The summed E-state index contributed by atoms with van der Waals surface area (Å²) in [6.07, 6.45) is 0.0451. The van der Waals surface area contributed by atoms with Gasteiger partial charge in [0.25, 0.3) is 0 Å². The first-order valence-corrected chi connectivity index (χ1v) is 4.88. The van der Waals surface area contributed by atoms with E-state index < -0.39 is 5.97 Å². The summed E-state index contributed by atoms with van der Waals surface area (Å²) in [7, 11) is 0. The van der Waals surface area contributed by atoms with Gasteiger partial charge in [-0.2, -0.15) is 0 Å². The molecule has 0 saturated heterocycles. The normalized spacial score (nSPS) is 19.7. The molecule has 0 aromatic heterocycles. The van der Waals surface area contributed by atoms with Crippen LogP contribution in [0.4, 0.5) is 4.39 Å². The number of aliphatic carboxylic acids is 1. The molecule has 0 bridgehead atoms. The van der Waals surface area contributed by atoms with Crippen LogP contribution in [0.5, 0.6) is 0 Å². The average molecular weight is 209 g/mol. The van der Waals surface area contributed by atoms with Gasteiger partial charge in [0.2, 0.25) is 0 Å². The molecule has 1 heterocycles. The standard InChI is InChI=1S/C11H12FNO2/c12-10-3-1-2-8-7(4-11(14)15)5-13-6-9(8)10/h1-3,7,13H,4-6H2,(H,14,15). The Hall–Kier alpha value is -1.42. The lowest BCUT2D eigenvalue weighted by Gasteiger charge is -2.25. The quantitative estimate of drug-likeness (QED) is 0.775. The largest absolute Gasteiger partial charge is 0.481 e. The fourth-order valence-electron chi connectivity index (χ4n) is 2.02. The second-order valence-corrected chi connectivity index (χ2v) is 3.73. The molecule has 0 saturated carbocycles. The molecule has 1 atom stereocenters. The van der Waals surface area contributed by atoms with Gasteiger partial charge in [-0.05, 0) is 11.6 Å². The SMILES string of the molecule is O=C(O)CC1CNCc2c(F)cccc21. The van der Waals surface area contributed by atoms with Crippen molar-refractivity contribution in [1.29, 1.82) is 0 Å². The van der Waals surface area contributed by atoms with Gasteiger partial charge in [-0.15, -0.1) is 0 Å². The van der Waals surface area contributed by atoms with E-state index in [1.54, 1.807) is 6.07 Å². The molecule has 1 aromatic rings. The van der Waals surface area contributed by atoms with Crippen LogP contribution in [0, 0.1) is 5.82 Å². The Morgan fingerprint density at radius 2 is 2.40 bits per heavy atom. The maximum absolute atomic E-state index is 13.4. The van der Waals surface area contributed by atoms with Gasteiger partial charge in [-0.3, -0.25) is 4.79 Å². The summed E-state index contributed by atoms with van der Waals surface area (Å²) in [5.41, 5.74) is 1.44. The van der Waals surface area contributed by atoms with E-state index in [1.165, 1.54) is 6.07 Å². The Morgan fingerprint density at radius 3 is 3.13 bits per heavy atom. The van der Waals surface area contributed by atoms with Crippen molar-refractivity contribution in [2.75, 3.05) is 6.54 Å². The van der Waals surface area contributed by atoms with Crippen molar-refractivity contribution in [2.24, 2.45) is 0 Å². The van der Waals surface area contributed by atoms with Gasteiger partial charge in [0.15, 0.2) is 0 Å². The fraction of sp³-hybridized carbons (Fsp3) is 0.364. The summed E-state index contributed by atoms with van der Waals surface area (Å²) >= 11 is 0. The fourth-order valence-corrected chi connectivity index (χ4v) is 2.02. The highest BCUT2D eigenvalue weighted by Gasteiger charge is 2.23. The van der Waals surface area contributed by atoms with E-state index >= 15 is 0 Å². The van der Waals surface area contributed by atoms with Crippen LogP contribution in [-0.4, -0.2) is 17.6 Å². The minimum atomic E-state index is -0.848. The van der Waals surface area contributed by atoms with Crippen molar-refractivity contribution in [3.8, 4) is 0 Å². The first-order valence-electron chi connectivity index (χ1n) is 4.88. The Bertz CT molecular complexity index is 392. The zero-order valence-electron chi connectivity index (χ0n) is 8.16. The molecule has 0 aliphatic carbocycles. The first-order chi connectivity index (χ1) is 7.18. The number of hydrogen-bond donors (Lipinski definition) is 2. The summed E-state index contributed by atoms with van der Waals surface area (Å²) < 4.78 is 13.4. The Kier molecular flexibility index (Phi) is 2.68. The molecule has 2 rings (SSSR count). The molecule has 2 N–H and O–H groups in total. The van der Waals surface area contributed by atoms with Crippen LogP contribution in [0.2, 0.25) is 0 Å². The number of fused-ring (bicyclic) bond motifs is 1. The Labute approximate surface area is 86.9 Å². The molecule has 80 valence electrons. The number of halogens is 1. The lowest BCUT2D eigenvalue weighted by atomic mass is 9.88. The lowest BCUT2D eigenvalue weighted by Crippen LogP contribution is -2.30. The molecule has 1 aliphatic rings. The number of carboxylic acid groups (broad SMARTS) is 1. The zero-order chi connectivity index (χ0) is 10.8. The van der Waals surface area contributed by atoms with Gasteiger partial charge in [0.1, 0.15) is 5.82 Å². The van der Waals surface area contributed by atoms with E-state index in [0.717, 1.165) is 5.56 Å². The van der Waals surface area contributed by atoms with Gasteiger partial charge >= 0.3 is 5.97 Å². The molecule has 0 radical (unpaired) electrons. The minimum absolute atomic E-state index is 0.0451. The Morgan fingerprint density at radius 1 is 1.60 bits per heavy atom. The summed E-state index contributed by atoms with van der Waals surface area (Å²) in [5, 5.41) is 11.8. The predicted molar refractivity (Wildman–Crippen MR) is 53.1 cm³/mol. The van der Waals surface area contributed by atoms with Gasteiger partial charge < -0.3 is 10.4 Å². The second kappa shape index (κ2) is 3.98. The van der Waals surface area contributed by atoms with Crippen LogP contribution in [-0.2, 0) is 11.3 Å². The van der Waals surface area contributed by atoms with Crippen LogP contribution in [0.1, 0.15) is 23.5 Å². The highest BCUT2D eigenvalue weighted by atomic mass is 19.1. The molecule has 4 heteroatoms. The van der Waals surface area contributed by atoms with E-state index in [-0.39, 0.29) is 18.2 Å². The van der Waals surface area contributed by atoms with Crippen molar-refractivity contribution in [1.82, 2.24) is 5.32 Å². The lowest BCUT2D eigenvalue weighted by molar-refractivity contribution is -0.137. The van der Waals surface area contributed by atoms with Gasteiger partial charge in [-0.25, -0.2) is 4.39 Å². The number of carboxylic acids is 1. The summed E-state index contributed by atoms with van der Waals surface area (Å²) in [6, 6.07) is 4.85. The molecule has 1 unspecified atom stereocenters. The van der Waals surface area contributed by atoms with Crippen LogP contribution >= 0.6 is 0 Å². The van der Waals surface area contributed by atoms with Crippen molar-refractivity contribution >= 4 is 5.97 Å². The summed E-state index contributed by atoms with van der Waals surface area (Å²) in [6.45, 7) is 1.08. The minimum Gasteiger partial charge on any atom is -0.481 e. The summed E-state index contributed by atoms with van der Waals surface area (Å²) in [4.78, 5) is 10.6. The zero-order valence-corrected chi connectivity index (χ0v) is 8.16. The number of benzene rings is 1. The monoisotopic (exact) mass is 209 g/mol. The summed E-state index contributed by atoms with van der Waals surface area (Å²) in [5.74, 6) is -1.23. The highest BCUT2D eigenvalue weighted by Crippen LogP contribution is 2.28. The predicted octanol–water partition coefficient (Wildman–Crippen LogP) is 1.49. The maximum atomic E-state index is 13.4. The van der Waals surface area contributed by atoms with Crippen LogP contribution < -0.4 is 5.32 Å². The average Bonchev–Trinajstić information content (AvgIpc) is 2.19. The number of nitrogens with one attached hydrogen (secondary N) is 1. The van der Waals surface area contributed by atoms with E-state index in [4.69, 9.17) is 5.11 Å². The molecule has 0 spiro atoms. The van der Waals surface area contributed by atoms with E-state index in [9.17, 15) is 9.18 Å². The van der Waals surface area contributed by atoms with E-state index in [0.29, 0.717) is 18.7 Å². The number of carbonyl (C=O) groups is 1. The molecule has 1 aliphatic heterocycles. The molecular formula is C11H12FNO2. The first kappa shape index (κ1) is 10.1. The molecule has 15 heavy (non-hydrogen) atoms. The Balaban J connectivity index is 2.34. The van der Waals surface area contributed by atoms with E-state index in [2.05, 4.69) is 5.32 Å². The van der Waals surface area contributed by atoms with Gasteiger partial charge in [0, 0.05) is 24.6 Å². The van der Waals surface area contributed by atoms with E-state index in [1.807, 2.05) is 6.07 Å². The van der Waals surface area contributed by atoms with Gasteiger partial charge in [0.05, 0.1) is 6.42 Å². The van der Waals surface area contributed by atoms with Crippen molar-refractivity contribution in [2.45, 2.75) is 18.9 Å². The molecule has 0 amide bonds. The number of hydrogen-bond acceptors (Lipinski definition) is 2. The maximum Gasteiger partial charge on any atom is 0.304 e. The van der Waals surface area contributed by atoms with Crippen LogP contribution in [0.15, 0.2) is 18.2 Å². The van der Waals surface area contributed by atoms with Crippen molar-refractivity contribution < 1.29 is 14.3 Å². The number of rotatable bonds is 2.